The topological polar surface area (TPSA) is 113 Å². The van der Waals surface area contributed by atoms with E-state index in [4.69, 9.17) is 18.9 Å². The molecule has 1 N–H and O–H groups in total. The zero-order valence-electron chi connectivity index (χ0n) is 17.2. The minimum atomic E-state index is -0.973. The lowest BCUT2D eigenvalue weighted by molar-refractivity contribution is -0.147. The molecule has 0 spiro atoms. The summed E-state index contributed by atoms with van der Waals surface area (Å²) in [6.07, 6.45) is 0.946. The van der Waals surface area contributed by atoms with Crippen LogP contribution in [0.1, 0.15) is 31.3 Å². The van der Waals surface area contributed by atoms with E-state index in [2.05, 4.69) is 10.3 Å². The van der Waals surface area contributed by atoms with Gasteiger partial charge in [0, 0.05) is 19.2 Å². The van der Waals surface area contributed by atoms with E-state index in [1.807, 2.05) is 18.2 Å². The highest BCUT2D eigenvalue weighted by Gasteiger charge is 2.25. The van der Waals surface area contributed by atoms with Crippen molar-refractivity contribution in [2.45, 2.75) is 32.9 Å². The Balaban J connectivity index is 1.95. The molecule has 160 valence electrons. The second-order valence-electron chi connectivity index (χ2n) is 6.35. The van der Waals surface area contributed by atoms with Gasteiger partial charge >= 0.3 is 11.9 Å². The highest BCUT2D eigenvalue weighted by atomic mass is 16.6. The van der Waals surface area contributed by atoms with Crippen LogP contribution in [0.5, 0.6) is 17.2 Å². The third kappa shape index (κ3) is 6.47. The number of pyridine rings is 1. The molecule has 0 radical (unpaired) electrons. The number of hydrogen-bond donors (Lipinski definition) is 1. The highest BCUT2D eigenvalue weighted by molar-refractivity contribution is 5.98. The fourth-order valence-electron chi connectivity index (χ4n) is 2.41. The van der Waals surface area contributed by atoms with Crippen LogP contribution in [0.4, 0.5) is 0 Å². The summed E-state index contributed by atoms with van der Waals surface area (Å²) in [7, 11) is 1.36. The lowest BCUT2D eigenvalue weighted by atomic mass is 10.2. The lowest BCUT2D eigenvalue weighted by Crippen LogP contribution is -2.41. The number of nitrogens with zero attached hydrogens (tertiary/aromatic N) is 1. The molecule has 0 aliphatic carbocycles. The molecular formula is C21H24N2O7. The van der Waals surface area contributed by atoms with Gasteiger partial charge in [-0.25, -0.2) is 9.78 Å². The summed E-state index contributed by atoms with van der Waals surface area (Å²) in [4.78, 5) is 40.1. The summed E-state index contributed by atoms with van der Waals surface area (Å²) < 4.78 is 21.0. The quantitative estimate of drug-likeness (QED) is 0.619. The van der Waals surface area contributed by atoms with Crippen LogP contribution < -0.4 is 19.5 Å². The largest absolute Gasteiger partial charge is 0.493 e. The van der Waals surface area contributed by atoms with Gasteiger partial charge in [-0.2, -0.15) is 0 Å². The normalized spacial score (nSPS) is 12.3. The highest BCUT2D eigenvalue weighted by Crippen LogP contribution is 2.29. The maximum atomic E-state index is 12.6. The number of nitrogens with one attached hydrogen (secondary N) is 1. The number of ether oxygens (including phenoxy) is 4. The second-order valence-corrected chi connectivity index (χ2v) is 6.35. The Morgan fingerprint density at radius 2 is 1.80 bits per heavy atom. The molecule has 0 fully saturated rings. The fourth-order valence-corrected chi connectivity index (χ4v) is 2.41. The Morgan fingerprint density at radius 1 is 1.10 bits per heavy atom. The fraction of sp³-hybridized carbons (Fsp3) is 0.333. The van der Waals surface area contributed by atoms with Gasteiger partial charge in [-0.1, -0.05) is 18.2 Å². The van der Waals surface area contributed by atoms with Gasteiger partial charge < -0.3 is 24.3 Å². The van der Waals surface area contributed by atoms with Crippen LogP contribution in [-0.2, 0) is 14.3 Å². The summed E-state index contributed by atoms with van der Waals surface area (Å²) >= 11 is 0. The van der Waals surface area contributed by atoms with Gasteiger partial charge in [0.15, 0.2) is 11.4 Å². The molecule has 2 rings (SSSR count). The Kier molecular flexibility index (Phi) is 8.16. The van der Waals surface area contributed by atoms with Crippen LogP contribution in [0.15, 0.2) is 42.6 Å². The van der Waals surface area contributed by atoms with E-state index in [1.54, 1.807) is 19.1 Å². The van der Waals surface area contributed by atoms with Crippen molar-refractivity contribution in [1.29, 1.82) is 0 Å². The first-order valence-electron chi connectivity index (χ1n) is 9.22. The minimum Gasteiger partial charge on any atom is -0.493 e. The van der Waals surface area contributed by atoms with Crippen molar-refractivity contribution in [2.24, 2.45) is 0 Å². The molecule has 9 heteroatoms. The van der Waals surface area contributed by atoms with Gasteiger partial charge in [-0.3, -0.25) is 9.59 Å². The van der Waals surface area contributed by atoms with Crippen molar-refractivity contribution < 1.29 is 33.3 Å². The molecule has 30 heavy (non-hydrogen) atoms. The van der Waals surface area contributed by atoms with Gasteiger partial charge in [0.05, 0.1) is 7.11 Å². The second kappa shape index (κ2) is 10.8. The SMILES string of the molecule is COc1ccnc(C(=O)N[C@@H](C)C(=O)OC[C@@H](C)Oc2ccccc2)c1OC(C)=O. The number of para-hydroxylation sites is 1. The van der Waals surface area contributed by atoms with Crippen LogP contribution in [0.3, 0.4) is 0 Å². The van der Waals surface area contributed by atoms with E-state index in [0.29, 0.717) is 5.75 Å². The summed E-state index contributed by atoms with van der Waals surface area (Å²) in [5.41, 5.74) is -0.190. The average molecular weight is 416 g/mol. The number of benzene rings is 1. The Hall–Kier alpha value is -3.62. The van der Waals surface area contributed by atoms with Crippen LogP contribution in [-0.4, -0.2) is 48.7 Å². The van der Waals surface area contributed by atoms with Gasteiger partial charge in [-0.15, -0.1) is 0 Å². The van der Waals surface area contributed by atoms with Crippen LogP contribution in [0.2, 0.25) is 0 Å². The summed E-state index contributed by atoms with van der Waals surface area (Å²) in [6, 6.07) is 9.60. The summed E-state index contributed by atoms with van der Waals surface area (Å²) in [5.74, 6) is -1.32. The van der Waals surface area contributed by atoms with Crippen molar-refractivity contribution >= 4 is 17.8 Å². The first-order valence-corrected chi connectivity index (χ1v) is 9.22. The predicted molar refractivity (Wildman–Crippen MR) is 107 cm³/mol. The number of methoxy groups -OCH3 is 1. The van der Waals surface area contributed by atoms with Crippen LogP contribution in [0.25, 0.3) is 0 Å². The molecule has 2 aromatic rings. The molecule has 0 bridgehead atoms. The molecule has 1 amide bonds. The van der Waals surface area contributed by atoms with Crippen molar-refractivity contribution in [3.8, 4) is 17.2 Å². The zero-order chi connectivity index (χ0) is 22.1. The molecule has 1 aromatic carbocycles. The maximum Gasteiger partial charge on any atom is 0.328 e. The molecule has 1 heterocycles. The third-order valence-electron chi connectivity index (χ3n) is 3.79. The van der Waals surface area contributed by atoms with E-state index in [-0.39, 0.29) is 29.9 Å². The van der Waals surface area contributed by atoms with E-state index in [9.17, 15) is 14.4 Å². The van der Waals surface area contributed by atoms with Crippen LogP contribution in [0, 0.1) is 0 Å². The third-order valence-corrected chi connectivity index (χ3v) is 3.79. The number of carbonyl (C=O) groups is 3. The number of hydrogen-bond acceptors (Lipinski definition) is 8. The Bertz CT molecular complexity index is 886. The summed E-state index contributed by atoms with van der Waals surface area (Å²) in [5, 5.41) is 2.47. The number of carbonyl (C=O) groups excluding carboxylic acids is 3. The zero-order valence-corrected chi connectivity index (χ0v) is 17.2. The monoisotopic (exact) mass is 416 g/mol. The van der Waals surface area contributed by atoms with Gasteiger partial charge in [-0.05, 0) is 26.0 Å². The molecule has 0 aliphatic heterocycles. The van der Waals surface area contributed by atoms with Gasteiger partial charge in [0.25, 0.3) is 5.91 Å². The average Bonchev–Trinajstić information content (AvgIpc) is 2.72. The number of amides is 1. The van der Waals surface area contributed by atoms with Crippen LogP contribution >= 0.6 is 0 Å². The lowest BCUT2D eigenvalue weighted by Gasteiger charge is -2.18. The number of aromatic nitrogens is 1. The first kappa shape index (κ1) is 22.7. The molecule has 0 saturated heterocycles. The van der Waals surface area contributed by atoms with E-state index < -0.39 is 23.9 Å². The molecule has 0 unspecified atom stereocenters. The van der Waals surface area contributed by atoms with Crippen molar-refractivity contribution in [3.05, 3.63) is 48.3 Å². The molecule has 1 aromatic heterocycles. The predicted octanol–water partition coefficient (Wildman–Crippen LogP) is 2.14. The molecule has 0 aliphatic rings. The molecule has 9 nitrogen and oxygen atoms in total. The maximum absolute atomic E-state index is 12.6. The smallest absolute Gasteiger partial charge is 0.328 e. The molecule has 2 atom stereocenters. The van der Waals surface area contributed by atoms with E-state index in [1.165, 1.54) is 33.2 Å². The molecule has 0 saturated carbocycles. The first-order chi connectivity index (χ1) is 14.3. The Labute approximate surface area is 174 Å². The van der Waals surface area contributed by atoms with Crippen molar-refractivity contribution in [3.63, 3.8) is 0 Å². The Morgan fingerprint density at radius 3 is 2.43 bits per heavy atom. The van der Waals surface area contributed by atoms with E-state index in [0.717, 1.165) is 0 Å². The van der Waals surface area contributed by atoms with Crippen molar-refractivity contribution in [2.75, 3.05) is 13.7 Å². The summed E-state index contributed by atoms with van der Waals surface area (Å²) in [6.45, 7) is 4.42. The molecular weight excluding hydrogens is 392 g/mol. The van der Waals surface area contributed by atoms with Gasteiger partial charge in [0.1, 0.15) is 24.5 Å². The van der Waals surface area contributed by atoms with Gasteiger partial charge in [0.2, 0.25) is 5.75 Å². The van der Waals surface area contributed by atoms with Crippen molar-refractivity contribution in [1.82, 2.24) is 10.3 Å². The number of esters is 2. The van der Waals surface area contributed by atoms with E-state index >= 15 is 0 Å². The number of rotatable bonds is 9. The standard InChI is InChI=1S/C21H24N2O7/c1-13(29-16-8-6-5-7-9-16)12-28-21(26)14(2)23-20(25)18-19(30-15(3)24)17(27-4)10-11-22-18/h5-11,13-14H,12H2,1-4H3,(H,23,25)/t13-,14+/m1/s1. The minimum absolute atomic E-state index is 0.00401.